The van der Waals surface area contributed by atoms with E-state index >= 15 is 0 Å². The van der Waals surface area contributed by atoms with Crippen LogP contribution in [-0.2, 0) is 22.4 Å². The molecule has 2 heterocycles. The average molecular weight is 566 g/mol. The molecule has 1 aliphatic heterocycles. The minimum Gasteiger partial charge on any atom is -0.481 e. The summed E-state index contributed by atoms with van der Waals surface area (Å²) in [6, 6.07) is 23.3. The maximum absolute atomic E-state index is 13.6. The van der Waals surface area contributed by atoms with Gasteiger partial charge >= 0.3 is 5.56 Å². The molecule has 0 unspecified atom stereocenters. The van der Waals surface area contributed by atoms with Gasteiger partial charge in [0.25, 0.3) is 0 Å². The minimum atomic E-state index is -3.54. The van der Waals surface area contributed by atoms with E-state index in [1.54, 1.807) is 54.7 Å². The molecule has 202 valence electrons. The fourth-order valence-corrected chi connectivity index (χ4v) is 6.19. The van der Waals surface area contributed by atoms with Crippen molar-refractivity contribution < 1.29 is 13.2 Å². The standard InChI is InChI=1S/C28H28ClN5O4S/c29-23-9-5-11-25(17-23)34-28(35)27(38-19-21-6-2-1-3-7-21)26(18-31-34)32-12-14-33(15-13-32)39(36,37)20-22-8-4-10-24(30)16-22/h1-11,16-18H,12-15,19-20,30H2. The van der Waals surface area contributed by atoms with Gasteiger partial charge in [0.1, 0.15) is 12.3 Å². The van der Waals surface area contributed by atoms with Crippen LogP contribution in [0.15, 0.2) is 89.9 Å². The van der Waals surface area contributed by atoms with Crippen molar-refractivity contribution in [2.24, 2.45) is 0 Å². The highest BCUT2D eigenvalue weighted by molar-refractivity contribution is 7.88. The third-order valence-electron chi connectivity index (χ3n) is 6.47. The zero-order chi connectivity index (χ0) is 27.4. The summed E-state index contributed by atoms with van der Waals surface area (Å²) in [6.07, 6.45) is 1.58. The predicted molar refractivity (Wildman–Crippen MR) is 153 cm³/mol. The van der Waals surface area contributed by atoms with Crippen molar-refractivity contribution in [1.82, 2.24) is 14.1 Å². The Morgan fingerprint density at radius 1 is 0.897 bits per heavy atom. The number of sulfonamides is 1. The molecule has 11 heteroatoms. The molecule has 0 saturated carbocycles. The third-order valence-corrected chi connectivity index (χ3v) is 8.55. The van der Waals surface area contributed by atoms with Gasteiger partial charge in [-0.25, -0.2) is 8.42 Å². The lowest BCUT2D eigenvalue weighted by Crippen LogP contribution is -2.49. The molecular weight excluding hydrogens is 538 g/mol. The van der Waals surface area contributed by atoms with E-state index in [1.807, 2.05) is 35.2 Å². The van der Waals surface area contributed by atoms with E-state index in [4.69, 9.17) is 22.1 Å². The number of nitrogens with zero attached hydrogens (tertiary/aromatic N) is 4. The highest BCUT2D eigenvalue weighted by atomic mass is 35.5. The van der Waals surface area contributed by atoms with Gasteiger partial charge in [-0.1, -0.05) is 60.1 Å². The highest BCUT2D eigenvalue weighted by Crippen LogP contribution is 2.27. The normalized spacial score (nSPS) is 14.3. The lowest BCUT2D eigenvalue weighted by Gasteiger charge is -2.35. The van der Waals surface area contributed by atoms with Crippen LogP contribution in [0.1, 0.15) is 11.1 Å². The van der Waals surface area contributed by atoms with Crippen LogP contribution < -0.4 is 20.9 Å². The Bertz CT molecular complexity index is 1620. The maximum Gasteiger partial charge on any atom is 0.316 e. The monoisotopic (exact) mass is 565 g/mol. The maximum atomic E-state index is 13.6. The Hall–Kier alpha value is -3.86. The number of piperazine rings is 1. The molecule has 0 aliphatic carbocycles. The number of ether oxygens (including phenoxy) is 1. The molecule has 0 radical (unpaired) electrons. The molecule has 39 heavy (non-hydrogen) atoms. The van der Waals surface area contributed by atoms with Gasteiger partial charge < -0.3 is 15.4 Å². The zero-order valence-electron chi connectivity index (χ0n) is 21.1. The van der Waals surface area contributed by atoms with Crippen molar-refractivity contribution in [3.05, 3.63) is 112 Å². The van der Waals surface area contributed by atoms with Crippen LogP contribution in [0.5, 0.6) is 5.75 Å². The van der Waals surface area contributed by atoms with Gasteiger partial charge in [-0.3, -0.25) is 4.79 Å². The van der Waals surface area contributed by atoms with Gasteiger partial charge in [0.2, 0.25) is 15.8 Å². The molecule has 0 atom stereocenters. The molecule has 9 nitrogen and oxygen atoms in total. The molecule has 4 aromatic rings. The SMILES string of the molecule is Nc1cccc(CS(=O)(=O)N2CCN(c3cnn(-c4cccc(Cl)c4)c(=O)c3OCc3ccccc3)CC2)c1. The van der Waals surface area contributed by atoms with E-state index in [0.29, 0.717) is 40.7 Å². The first-order valence-corrected chi connectivity index (χ1v) is 14.4. The lowest BCUT2D eigenvalue weighted by atomic mass is 10.2. The summed E-state index contributed by atoms with van der Waals surface area (Å²) >= 11 is 6.15. The summed E-state index contributed by atoms with van der Waals surface area (Å²) in [7, 11) is -3.54. The number of hydrogen-bond acceptors (Lipinski definition) is 7. The molecule has 5 rings (SSSR count). The van der Waals surface area contributed by atoms with Gasteiger partial charge in [0.15, 0.2) is 0 Å². The van der Waals surface area contributed by atoms with Crippen molar-refractivity contribution in [3.63, 3.8) is 0 Å². The number of nitrogens with two attached hydrogens (primary N) is 1. The first-order valence-electron chi connectivity index (χ1n) is 12.4. The molecule has 3 aromatic carbocycles. The number of hydrogen-bond donors (Lipinski definition) is 1. The van der Waals surface area contributed by atoms with E-state index < -0.39 is 15.6 Å². The number of benzene rings is 3. The smallest absolute Gasteiger partial charge is 0.316 e. The summed E-state index contributed by atoms with van der Waals surface area (Å²) < 4.78 is 35.0. The Balaban J connectivity index is 1.39. The van der Waals surface area contributed by atoms with Gasteiger partial charge in [-0.15, -0.1) is 0 Å². The van der Waals surface area contributed by atoms with Crippen LogP contribution in [0, 0.1) is 0 Å². The zero-order valence-corrected chi connectivity index (χ0v) is 22.7. The number of nitrogen functional groups attached to an aromatic ring is 1. The fraction of sp³-hybridized carbons (Fsp3) is 0.214. The lowest BCUT2D eigenvalue weighted by molar-refractivity contribution is 0.297. The Morgan fingerprint density at radius 3 is 2.33 bits per heavy atom. The van der Waals surface area contributed by atoms with Crippen LogP contribution in [0.25, 0.3) is 5.69 Å². The summed E-state index contributed by atoms with van der Waals surface area (Å²) in [5, 5.41) is 4.87. The average Bonchev–Trinajstić information content (AvgIpc) is 2.92. The Morgan fingerprint density at radius 2 is 1.62 bits per heavy atom. The molecular formula is C28H28ClN5O4S. The molecule has 0 bridgehead atoms. The van der Waals surface area contributed by atoms with Crippen LogP contribution in [0.2, 0.25) is 5.02 Å². The minimum absolute atomic E-state index is 0.124. The van der Waals surface area contributed by atoms with Gasteiger partial charge in [0, 0.05) is 36.9 Å². The first-order chi connectivity index (χ1) is 18.8. The van der Waals surface area contributed by atoms with E-state index in [9.17, 15) is 13.2 Å². The first kappa shape index (κ1) is 26.7. The van der Waals surface area contributed by atoms with Crippen LogP contribution >= 0.6 is 11.6 Å². The predicted octanol–water partition coefficient (Wildman–Crippen LogP) is 3.70. The van der Waals surface area contributed by atoms with Crippen molar-refractivity contribution >= 4 is 33.0 Å². The van der Waals surface area contributed by atoms with Gasteiger partial charge in [-0.05, 0) is 41.5 Å². The number of halogens is 1. The second-order valence-corrected chi connectivity index (χ2v) is 11.6. The van der Waals surface area contributed by atoms with Crippen molar-refractivity contribution in [1.29, 1.82) is 0 Å². The number of aromatic nitrogens is 2. The van der Waals surface area contributed by atoms with Gasteiger partial charge in [0.05, 0.1) is 17.6 Å². The van der Waals surface area contributed by atoms with E-state index in [-0.39, 0.29) is 31.2 Å². The largest absolute Gasteiger partial charge is 0.481 e. The molecule has 1 aromatic heterocycles. The van der Waals surface area contributed by atoms with Crippen LogP contribution in [0.3, 0.4) is 0 Å². The van der Waals surface area contributed by atoms with Crippen molar-refractivity contribution in [2.75, 3.05) is 36.8 Å². The highest BCUT2D eigenvalue weighted by Gasteiger charge is 2.29. The van der Waals surface area contributed by atoms with Crippen molar-refractivity contribution in [2.45, 2.75) is 12.4 Å². The molecule has 0 amide bonds. The van der Waals surface area contributed by atoms with E-state index in [2.05, 4.69) is 5.10 Å². The van der Waals surface area contributed by atoms with E-state index in [0.717, 1.165) is 5.56 Å². The Labute approximate surface area is 232 Å². The molecule has 1 fully saturated rings. The summed E-state index contributed by atoms with van der Waals surface area (Å²) in [6.45, 7) is 1.47. The quantitative estimate of drug-likeness (QED) is 0.324. The topological polar surface area (TPSA) is 111 Å². The summed E-state index contributed by atoms with van der Waals surface area (Å²) in [5.74, 6) is 0.0191. The van der Waals surface area contributed by atoms with Crippen LogP contribution in [0.4, 0.5) is 11.4 Å². The third kappa shape index (κ3) is 6.25. The molecule has 1 aliphatic rings. The second kappa shape index (κ2) is 11.5. The number of rotatable bonds is 8. The molecule has 2 N–H and O–H groups in total. The summed E-state index contributed by atoms with van der Waals surface area (Å²) in [5.41, 5.74) is 8.49. The van der Waals surface area contributed by atoms with Crippen molar-refractivity contribution in [3.8, 4) is 11.4 Å². The Kier molecular flexibility index (Phi) is 7.87. The summed E-state index contributed by atoms with van der Waals surface area (Å²) in [4.78, 5) is 15.5. The molecule has 1 saturated heterocycles. The number of anilines is 2. The van der Waals surface area contributed by atoms with E-state index in [1.165, 1.54) is 8.99 Å². The molecule has 0 spiro atoms. The van der Waals surface area contributed by atoms with Crippen LogP contribution in [-0.4, -0.2) is 48.7 Å². The second-order valence-electron chi connectivity index (χ2n) is 9.22. The fourth-order valence-electron chi connectivity index (χ4n) is 4.50. The van der Waals surface area contributed by atoms with Gasteiger partial charge in [-0.2, -0.15) is 14.1 Å².